The van der Waals surface area contributed by atoms with E-state index in [1.165, 1.54) is 6.07 Å². The second kappa shape index (κ2) is 4.17. The normalized spacial score (nSPS) is 16.8. The lowest BCUT2D eigenvalue weighted by molar-refractivity contribution is 0.411. The number of hydrogen-bond donors (Lipinski definition) is 1. The van der Waals surface area contributed by atoms with E-state index in [9.17, 15) is 4.39 Å². The van der Waals surface area contributed by atoms with Crippen LogP contribution in [0.4, 0.5) is 4.39 Å². The van der Waals surface area contributed by atoms with Crippen molar-refractivity contribution in [2.45, 2.75) is 25.8 Å². The first-order valence-electron chi connectivity index (χ1n) is 6.01. The maximum absolute atomic E-state index is 13.2. The predicted molar refractivity (Wildman–Crippen MR) is 64.1 cm³/mol. The molecule has 0 bridgehead atoms. The van der Waals surface area contributed by atoms with E-state index < -0.39 is 0 Å². The minimum Gasteiger partial charge on any atom is -0.334 e. The van der Waals surface area contributed by atoms with Crippen molar-refractivity contribution in [2.75, 3.05) is 0 Å². The summed E-state index contributed by atoms with van der Waals surface area (Å²) in [6.45, 7) is 1.70. The van der Waals surface area contributed by atoms with E-state index >= 15 is 0 Å². The van der Waals surface area contributed by atoms with Gasteiger partial charge < -0.3 is 10.3 Å². The third-order valence-electron chi connectivity index (χ3n) is 3.27. The van der Waals surface area contributed by atoms with Gasteiger partial charge in [-0.05, 0) is 49.4 Å². The summed E-state index contributed by atoms with van der Waals surface area (Å²) in [5.74, 6) is 1.16. The van der Waals surface area contributed by atoms with E-state index in [1.54, 1.807) is 19.1 Å². The molecule has 2 aromatic rings. The molecule has 5 heteroatoms. The lowest BCUT2D eigenvalue weighted by Gasteiger charge is -2.02. The van der Waals surface area contributed by atoms with Gasteiger partial charge in [-0.25, -0.2) is 4.39 Å². The average Bonchev–Trinajstić information content (AvgIpc) is 3.09. The van der Waals surface area contributed by atoms with E-state index in [0.717, 1.165) is 18.4 Å². The van der Waals surface area contributed by atoms with Crippen molar-refractivity contribution in [1.29, 1.82) is 0 Å². The van der Waals surface area contributed by atoms with Crippen LogP contribution in [0.15, 0.2) is 22.7 Å². The van der Waals surface area contributed by atoms with E-state index in [2.05, 4.69) is 10.1 Å². The molecule has 18 heavy (non-hydrogen) atoms. The lowest BCUT2D eigenvalue weighted by Crippen LogP contribution is -2.13. The molecule has 2 N–H and O–H groups in total. The predicted octanol–water partition coefficient (Wildman–Crippen LogP) is 2.59. The zero-order valence-electron chi connectivity index (χ0n) is 10.1. The molecule has 1 aliphatic rings. The summed E-state index contributed by atoms with van der Waals surface area (Å²) in [6, 6.07) is 4.57. The van der Waals surface area contributed by atoms with E-state index in [1.807, 2.05) is 0 Å². The highest BCUT2D eigenvalue weighted by Crippen LogP contribution is 2.38. The lowest BCUT2D eigenvalue weighted by atomic mass is 10.1. The van der Waals surface area contributed by atoms with Crippen LogP contribution in [0.2, 0.25) is 0 Å². The van der Waals surface area contributed by atoms with Crippen molar-refractivity contribution in [2.24, 2.45) is 11.7 Å². The number of benzene rings is 1. The van der Waals surface area contributed by atoms with Crippen LogP contribution in [-0.2, 0) is 0 Å². The van der Waals surface area contributed by atoms with E-state index in [-0.39, 0.29) is 11.9 Å². The van der Waals surface area contributed by atoms with Crippen LogP contribution in [0.3, 0.4) is 0 Å². The Labute approximate surface area is 104 Å². The Morgan fingerprint density at radius 1 is 1.44 bits per heavy atom. The molecule has 0 radical (unpaired) electrons. The fraction of sp³-hybridized carbons (Fsp3) is 0.385. The van der Waals surface area contributed by atoms with Gasteiger partial charge in [0.1, 0.15) is 5.82 Å². The highest BCUT2D eigenvalue weighted by molar-refractivity contribution is 5.54. The van der Waals surface area contributed by atoms with Crippen molar-refractivity contribution in [3.8, 4) is 11.5 Å². The number of aromatic nitrogens is 2. The summed E-state index contributed by atoms with van der Waals surface area (Å²) >= 11 is 0. The summed E-state index contributed by atoms with van der Waals surface area (Å²) < 4.78 is 18.4. The van der Waals surface area contributed by atoms with Gasteiger partial charge in [-0.3, -0.25) is 0 Å². The average molecular weight is 247 g/mol. The van der Waals surface area contributed by atoms with E-state index in [4.69, 9.17) is 10.3 Å². The minimum absolute atomic E-state index is 0.149. The van der Waals surface area contributed by atoms with Crippen LogP contribution in [0.1, 0.15) is 30.3 Å². The maximum Gasteiger partial charge on any atom is 0.257 e. The first-order chi connectivity index (χ1) is 8.65. The Bertz CT molecular complexity index is 577. The maximum atomic E-state index is 13.2. The molecule has 0 spiro atoms. The molecule has 1 unspecified atom stereocenters. The Kier molecular flexibility index (Phi) is 2.63. The Hall–Kier alpha value is -1.75. The van der Waals surface area contributed by atoms with E-state index in [0.29, 0.717) is 23.2 Å². The molecule has 0 amide bonds. The van der Waals surface area contributed by atoms with Gasteiger partial charge in [-0.2, -0.15) is 4.98 Å². The molecule has 4 nitrogen and oxygen atoms in total. The second-order valence-corrected chi connectivity index (χ2v) is 4.78. The third-order valence-corrected chi connectivity index (χ3v) is 3.27. The third kappa shape index (κ3) is 2.01. The van der Waals surface area contributed by atoms with Gasteiger partial charge in [0.15, 0.2) is 5.82 Å². The Balaban J connectivity index is 1.89. The van der Waals surface area contributed by atoms with Crippen molar-refractivity contribution in [1.82, 2.24) is 10.1 Å². The molecule has 1 aromatic carbocycles. The number of halogens is 1. The quantitative estimate of drug-likeness (QED) is 0.905. The molecule has 1 fully saturated rings. The number of nitrogens with two attached hydrogens (primary N) is 1. The van der Waals surface area contributed by atoms with Gasteiger partial charge in [0.25, 0.3) is 5.89 Å². The van der Waals surface area contributed by atoms with Gasteiger partial charge in [0.2, 0.25) is 0 Å². The first kappa shape index (κ1) is 11.3. The van der Waals surface area contributed by atoms with Gasteiger partial charge in [-0.15, -0.1) is 0 Å². The Morgan fingerprint density at radius 3 is 2.89 bits per heavy atom. The molecule has 3 rings (SSSR count). The van der Waals surface area contributed by atoms with Gasteiger partial charge in [0, 0.05) is 5.56 Å². The smallest absolute Gasteiger partial charge is 0.257 e. The van der Waals surface area contributed by atoms with Gasteiger partial charge in [0.05, 0.1) is 6.04 Å². The molecule has 1 aliphatic carbocycles. The Morgan fingerprint density at radius 2 is 2.22 bits per heavy atom. The van der Waals surface area contributed by atoms with Crippen LogP contribution in [0.25, 0.3) is 11.5 Å². The largest absolute Gasteiger partial charge is 0.334 e. The highest BCUT2D eigenvalue weighted by atomic mass is 19.1. The van der Waals surface area contributed by atoms with Crippen molar-refractivity contribution < 1.29 is 8.91 Å². The van der Waals surface area contributed by atoms with Crippen LogP contribution in [-0.4, -0.2) is 10.1 Å². The van der Waals surface area contributed by atoms with Crippen LogP contribution in [0.5, 0.6) is 0 Å². The van der Waals surface area contributed by atoms with Crippen molar-refractivity contribution in [3.63, 3.8) is 0 Å². The molecule has 1 heterocycles. The minimum atomic E-state index is -0.242. The molecular formula is C13H14FN3O. The number of aryl methyl sites for hydroxylation is 1. The molecule has 0 saturated heterocycles. The molecule has 0 aliphatic heterocycles. The second-order valence-electron chi connectivity index (χ2n) is 4.78. The zero-order chi connectivity index (χ0) is 12.7. The summed E-state index contributed by atoms with van der Waals surface area (Å²) in [6.07, 6.45) is 2.25. The monoisotopic (exact) mass is 247 g/mol. The number of nitrogens with zero attached hydrogens (tertiary/aromatic N) is 2. The topological polar surface area (TPSA) is 64.9 Å². The SMILES string of the molecule is Cc1cc(-c2nc(C(N)C3CC3)no2)ccc1F. The molecule has 94 valence electrons. The molecular weight excluding hydrogens is 233 g/mol. The van der Waals surface area contributed by atoms with Gasteiger partial charge >= 0.3 is 0 Å². The van der Waals surface area contributed by atoms with Crippen LogP contribution in [0, 0.1) is 18.7 Å². The molecule has 1 saturated carbocycles. The zero-order valence-corrected chi connectivity index (χ0v) is 10.1. The summed E-state index contributed by atoms with van der Waals surface area (Å²) in [4.78, 5) is 4.29. The van der Waals surface area contributed by atoms with Gasteiger partial charge in [-0.1, -0.05) is 5.16 Å². The number of hydrogen-bond acceptors (Lipinski definition) is 4. The number of rotatable bonds is 3. The van der Waals surface area contributed by atoms with Crippen LogP contribution >= 0.6 is 0 Å². The summed E-state index contributed by atoms with van der Waals surface area (Å²) in [5.41, 5.74) is 7.27. The van der Waals surface area contributed by atoms with Crippen molar-refractivity contribution >= 4 is 0 Å². The highest BCUT2D eigenvalue weighted by Gasteiger charge is 2.32. The fourth-order valence-corrected chi connectivity index (χ4v) is 1.93. The van der Waals surface area contributed by atoms with Crippen LogP contribution < -0.4 is 5.73 Å². The summed E-state index contributed by atoms with van der Waals surface area (Å²) in [7, 11) is 0. The molecule has 1 aromatic heterocycles. The van der Waals surface area contributed by atoms with Crippen molar-refractivity contribution in [3.05, 3.63) is 35.4 Å². The molecule has 1 atom stereocenters. The fourth-order valence-electron chi connectivity index (χ4n) is 1.93. The first-order valence-corrected chi connectivity index (χ1v) is 6.01. The standard InChI is InChI=1S/C13H14FN3O/c1-7-6-9(4-5-10(7)14)13-16-12(17-18-13)11(15)8-2-3-8/h4-6,8,11H,2-3,15H2,1H3. The summed E-state index contributed by atoms with van der Waals surface area (Å²) in [5, 5.41) is 3.90.